The fraction of sp³-hybridized carbons (Fsp3) is 0.357. The molecule has 3 aromatic carbocycles. The molecule has 1 unspecified atom stereocenters. The van der Waals surface area contributed by atoms with E-state index in [1.54, 1.807) is 0 Å². The molecule has 0 spiro atoms. The fourth-order valence-corrected chi connectivity index (χ4v) is 7.14. The van der Waals surface area contributed by atoms with E-state index in [0.717, 1.165) is 25.0 Å². The van der Waals surface area contributed by atoms with E-state index in [2.05, 4.69) is 78.7 Å². The number of nitrogens with one attached hydrogen (secondary N) is 1. The smallest absolute Gasteiger partial charge is 0.318 e. The van der Waals surface area contributed by atoms with Gasteiger partial charge in [-0.3, -0.25) is 0 Å². The first-order valence-corrected chi connectivity index (χ1v) is 13.1. The highest BCUT2D eigenvalue weighted by Gasteiger charge is 2.41. The van der Waals surface area contributed by atoms with Crippen LogP contribution in [0.5, 0.6) is 5.75 Å². The molecule has 0 radical (unpaired) electrons. The van der Waals surface area contributed by atoms with Crippen LogP contribution in [0, 0.1) is 0 Å². The van der Waals surface area contributed by atoms with Crippen LogP contribution in [0.15, 0.2) is 66.7 Å². The van der Waals surface area contributed by atoms with Crippen LogP contribution in [-0.2, 0) is 23.8 Å². The third-order valence-corrected chi connectivity index (χ3v) is 8.74. The molecule has 6 rings (SSSR count). The van der Waals surface area contributed by atoms with Crippen LogP contribution < -0.4 is 9.61 Å². The molecule has 0 amide bonds. The summed E-state index contributed by atoms with van der Waals surface area (Å²) in [5, 5.41) is 3.67. The molecule has 3 aliphatic rings. The molecule has 32 heavy (non-hydrogen) atoms. The van der Waals surface area contributed by atoms with E-state index in [1.807, 2.05) is 0 Å². The van der Waals surface area contributed by atoms with E-state index < -0.39 is 8.53 Å². The number of benzene rings is 3. The Morgan fingerprint density at radius 2 is 1.69 bits per heavy atom. The lowest BCUT2D eigenvalue weighted by molar-refractivity contribution is 0.173. The lowest BCUT2D eigenvalue weighted by Gasteiger charge is -2.34. The largest absolute Gasteiger partial charge is 0.436 e. The van der Waals surface area contributed by atoms with E-state index >= 15 is 0 Å². The van der Waals surface area contributed by atoms with Gasteiger partial charge in [0.15, 0.2) is 0 Å². The Morgan fingerprint density at radius 3 is 2.59 bits per heavy atom. The Balaban J connectivity index is 1.42. The predicted octanol–water partition coefficient (Wildman–Crippen LogP) is 7.00. The summed E-state index contributed by atoms with van der Waals surface area (Å²) in [6.45, 7) is 2.19. The van der Waals surface area contributed by atoms with Crippen molar-refractivity contribution in [1.82, 2.24) is 5.09 Å². The van der Waals surface area contributed by atoms with Crippen LogP contribution in [-0.4, -0.2) is 6.10 Å². The maximum atomic E-state index is 6.77. The average molecular weight is 444 g/mol. The second kappa shape index (κ2) is 8.63. The maximum absolute atomic E-state index is 6.77. The monoisotopic (exact) mass is 443 g/mol. The summed E-state index contributed by atoms with van der Waals surface area (Å²) in [6, 6.07) is 24.2. The number of aryl methyl sites for hydroxylation is 2. The Labute approximate surface area is 192 Å². The molecular weight excluding hydrogens is 413 g/mol. The van der Waals surface area contributed by atoms with Crippen LogP contribution in [0.1, 0.15) is 71.5 Å². The number of hydrogen-bond donors (Lipinski definition) is 1. The third kappa shape index (κ3) is 3.67. The first kappa shape index (κ1) is 20.4. The normalized spacial score (nSPS) is 24.7. The third-order valence-electron chi connectivity index (χ3n) is 7.32. The van der Waals surface area contributed by atoms with Crippen molar-refractivity contribution in [2.45, 2.75) is 63.5 Å². The van der Waals surface area contributed by atoms with Gasteiger partial charge < -0.3 is 9.05 Å². The van der Waals surface area contributed by atoms with Crippen molar-refractivity contribution >= 4 is 8.53 Å². The van der Waals surface area contributed by atoms with Crippen LogP contribution in [0.3, 0.4) is 0 Å². The molecule has 1 aliphatic heterocycles. The van der Waals surface area contributed by atoms with Crippen molar-refractivity contribution in [3.63, 3.8) is 0 Å². The highest BCUT2D eigenvalue weighted by atomic mass is 31.2. The van der Waals surface area contributed by atoms with Gasteiger partial charge in [-0.25, -0.2) is 5.09 Å². The van der Waals surface area contributed by atoms with Crippen molar-refractivity contribution in [3.05, 3.63) is 100 Å². The zero-order chi connectivity index (χ0) is 21.5. The molecule has 1 heterocycles. The lowest BCUT2D eigenvalue weighted by Crippen LogP contribution is -2.29. The van der Waals surface area contributed by atoms with Crippen LogP contribution in [0.4, 0.5) is 0 Å². The Kier molecular flexibility index (Phi) is 5.51. The van der Waals surface area contributed by atoms with Crippen LogP contribution in [0.2, 0.25) is 0 Å². The minimum absolute atomic E-state index is 0.140. The Bertz CT molecular complexity index is 1120. The average Bonchev–Trinajstić information content (AvgIpc) is 3.01. The van der Waals surface area contributed by atoms with Gasteiger partial charge in [-0.2, -0.15) is 0 Å². The molecule has 0 aromatic heterocycles. The van der Waals surface area contributed by atoms with Gasteiger partial charge in [0.1, 0.15) is 5.75 Å². The summed E-state index contributed by atoms with van der Waals surface area (Å²) < 4.78 is 13.4. The molecule has 0 bridgehead atoms. The van der Waals surface area contributed by atoms with E-state index in [0.29, 0.717) is 0 Å². The minimum Gasteiger partial charge on any atom is -0.436 e. The second-order valence-electron chi connectivity index (χ2n) is 9.29. The number of fused-ring (bicyclic) bond motifs is 7. The molecule has 0 saturated carbocycles. The van der Waals surface area contributed by atoms with Gasteiger partial charge in [0.25, 0.3) is 0 Å². The quantitative estimate of drug-likeness (QED) is 0.442. The summed E-state index contributed by atoms with van der Waals surface area (Å²) >= 11 is 0. The summed E-state index contributed by atoms with van der Waals surface area (Å²) in [7, 11) is -1.24. The van der Waals surface area contributed by atoms with Gasteiger partial charge in [0, 0.05) is 17.5 Å². The zero-order valence-corrected chi connectivity index (χ0v) is 19.5. The number of rotatable bonds is 3. The van der Waals surface area contributed by atoms with Crippen LogP contribution >= 0.6 is 8.53 Å². The molecule has 0 saturated heterocycles. The molecule has 4 atom stereocenters. The summed E-state index contributed by atoms with van der Waals surface area (Å²) in [6.07, 6.45) is 7.13. The van der Waals surface area contributed by atoms with Crippen molar-refractivity contribution in [2.75, 3.05) is 0 Å². The van der Waals surface area contributed by atoms with E-state index in [4.69, 9.17) is 9.05 Å². The van der Waals surface area contributed by atoms with E-state index in [9.17, 15) is 0 Å². The Hall–Kier alpha value is -2.19. The first-order chi connectivity index (χ1) is 15.8. The number of hydrogen-bond acceptors (Lipinski definition) is 3. The van der Waals surface area contributed by atoms with Gasteiger partial charge in [0.05, 0.1) is 6.10 Å². The highest BCUT2D eigenvalue weighted by Crippen LogP contribution is 2.54. The van der Waals surface area contributed by atoms with Crippen molar-refractivity contribution in [3.8, 4) is 5.75 Å². The van der Waals surface area contributed by atoms with E-state index in [-0.39, 0.29) is 18.1 Å². The molecule has 164 valence electrons. The molecule has 3 aromatic rings. The fourth-order valence-electron chi connectivity index (χ4n) is 5.71. The topological polar surface area (TPSA) is 30.5 Å². The standard InChI is InChI=1S/C28H30NO2P/c1-19(20-9-3-2-4-10-20)29-32-30-25-17-15-21-11-5-7-13-23(21)27(25)28-24-14-8-6-12-22(24)16-18-26(28)31-32/h2-5,7,9-11,13,16,18-19,25,27,29H,6,8,12,14-15,17H2,1H3/t19-,25+,27-,32?/m1/s1. The molecule has 0 fully saturated rings. The summed E-state index contributed by atoms with van der Waals surface area (Å²) in [5.74, 6) is 1.28. The molecule has 4 heteroatoms. The van der Waals surface area contributed by atoms with Gasteiger partial charge in [-0.05, 0) is 79.3 Å². The SMILES string of the molecule is C[C@@H](NP1Oc2ccc3c(c2[C@@H]2c4ccccc4CC[C@@H]2O1)CCCC3)c1ccccc1. The summed E-state index contributed by atoms with van der Waals surface area (Å²) in [4.78, 5) is 0. The zero-order valence-electron chi connectivity index (χ0n) is 18.6. The van der Waals surface area contributed by atoms with Gasteiger partial charge in [0.2, 0.25) is 0 Å². The Morgan fingerprint density at radius 1 is 0.875 bits per heavy atom. The highest BCUT2D eigenvalue weighted by molar-refractivity contribution is 7.45. The van der Waals surface area contributed by atoms with Crippen molar-refractivity contribution in [1.29, 1.82) is 0 Å². The van der Waals surface area contributed by atoms with Crippen molar-refractivity contribution < 1.29 is 9.05 Å². The second-order valence-corrected chi connectivity index (χ2v) is 10.5. The molecular formula is C28H30NO2P. The van der Waals surface area contributed by atoms with Crippen molar-refractivity contribution in [2.24, 2.45) is 0 Å². The maximum Gasteiger partial charge on any atom is 0.318 e. The van der Waals surface area contributed by atoms with E-state index in [1.165, 1.54) is 52.6 Å². The predicted molar refractivity (Wildman–Crippen MR) is 130 cm³/mol. The summed E-state index contributed by atoms with van der Waals surface area (Å²) in [5.41, 5.74) is 8.59. The molecule has 1 N–H and O–H groups in total. The van der Waals surface area contributed by atoms with Gasteiger partial charge in [-0.1, -0.05) is 60.7 Å². The lowest BCUT2D eigenvalue weighted by atomic mass is 9.73. The molecule has 2 aliphatic carbocycles. The van der Waals surface area contributed by atoms with Gasteiger partial charge >= 0.3 is 8.53 Å². The minimum atomic E-state index is -1.24. The van der Waals surface area contributed by atoms with Gasteiger partial charge in [-0.15, -0.1) is 0 Å². The first-order valence-electron chi connectivity index (χ1n) is 12.0. The molecule has 3 nitrogen and oxygen atoms in total. The van der Waals surface area contributed by atoms with Crippen LogP contribution in [0.25, 0.3) is 0 Å².